The van der Waals surface area contributed by atoms with Crippen molar-refractivity contribution in [3.05, 3.63) is 48.0 Å². The summed E-state index contributed by atoms with van der Waals surface area (Å²) >= 11 is 0. The minimum absolute atomic E-state index is 0.000255. The number of anilines is 2. The van der Waals surface area contributed by atoms with E-state index >= 15 is 0 Å². The number of ether oxygens (including phenoxy) is 2. The topological polar surface area (TPSA) is 67.9 Å². The lowest BCUT2D eigenvalue weighted by Crippen LogP contribution is -2.41. The molecule has 1 heterocycles. The Morgan fingerprint density at radius 2 is 1.81 bits per heavy atom. The second-order valence-corrected chi connectivity index (χ2v) is 11.5. The van der Waals surface area contributed by atoms with Crippen molar-refractivity contribution in [3.8, 4) is 11.5 Å². The van der Waals surface area contributed by atoms with Crippen LogP contribution < -0.4 is 19.7 Å². The fraction of sp³-hybridized carbons (Fsp3) is 0.548. The van der Waals surface area contributed by atoms with Crippen LogP contribution in [0.3, 0.4) is 0 Å². The Labute approximate surface area is 221 Å². The number of benzene rings is 2. The van der Waals surface area contributed by atoms with Gasteiger partial charge in [0, 0.05) is 11.6 Å². The number of amides is 2. The number of nitrogens with one attached hydrogen (secondary N) is 1. The fourth-order valence-electron chi connectivity index (χ4n) is 5.28. The Morgan fingerprint density at radius 3 is 2.49 bits per heavy atom. The van der Waals surface area contributed by atoms with Crippen LogP contribution >= 0.6 is 0 Å². The van der Waals surface area contributed by atoms with Crippen molar-refractivity contribution in [2.45, 2.75) is 78.1 Å². The number of hydrogen-bond donors (Lipinski definition) is 1. The first-order valence-electron chi connectivity index (χ1n) is 13.9. The zero-order chi connectivity index (χ0) is 26.4. The summed E-state index contributed by atoms with van der Waals surface area (Å²) in [5.74, 6) is 2.20. The highest BCUT2D eigenvalue weighted by Crippen LogP contribution is 2.36. The number of carbonyl (C=O) groups is 2. The molecule has 1 aliphatic heterocycles. The molecule has 0 atom stereocenters. The second kappa shape index (κ2) is 12.0. The van der Waals surface area contributed by atoms with Gasteiger partial charge in [0.25, 0.3) is 5.91 Å². The van der Waals surface area contributed by atoms with Crippen molar-refractivity contribution >= 4 is 23.2 Å². The molecule has 6 nitrogen and oxygen atoms in total. The summed E-state index contributed by atoms with van der Waals surface area (Å²) in [6, 6.07) is 13.6. The molecule has 2 aromatic rings. The quantitative estimate of drug-likeness (QED) is 0.410. The molecule has 0 aromatic heterocycles. The average molecular weight is 507 g/mol. The Kier molecular flexibility index (Phi) is 8.78. The van der Waals surface area contributed by atoms with Gasteiger partial charge in [-0.15, -0.1) is 0 Å². The van der Waals surface area contributed by atoms with E-state index in [0.29, 0.717) is 30.3 Å². The number of fused-ring (bicyclic) bond motifs is 1. The lowest BCUT2D eigenvalue weighted by atomic mass is 9.79. The maximum absolute atomic E-state index is 13.0. The summed E-state index contributed by atoms with van der Waals surface area (Å²) < 4.78 is 11.6. The van der Waals surface area contributed by atoms with Crippen molar-refractivity contribution < 1.29 is 19.1 Å². The number of unbranched alkanes of at least 4 members (excludes halogenated alkanes) is 1. The molecule has 1 fully saturated rings. The van der Waals surface area contributed by atoms with Crippen LogP contribution in [0.5, 0.6) is 11.5 Å². The van der Waals surface area contributed by atoms with Crippen molar-refractivity contribution in [1.29, 1.82) is 0 Å². The molecule has 0 radical (unpaired) electrons. The van der Waals surface area contributed by atoms with Gasteiger partial charge in [-0.25, -0.2) is 0 Å². The first-order valence-corrected chi connectivity index (χ1v) is 13.9. The second-order valence-electron chi connectivity index (χ2n) is 11.5. The van der Waals surface area contributed by atoms with Crippen LogP contribution in [0.1, 0.15) is 78.2 Å². The molecule has 0 saturated heterocycles. The minimum Gasteiger partial charge on any atom is -0.492 e. The van der Waals surface area contributed by atoms with Gasteiger partial charge < -0.3 is 19.7 Å². The predicted molar refractivity (Wildman–Crippen MR) is 149 cm³/mol. The molecule has 6 heteroatoms. The Morgan fingerprint density at radius 1 is 1.08 bits per heavy atom. The molecular weight excluding hydrogens is 464 g/mol. The van der Waals surface area contributed by atoms with E-state index in [1.807, 2.05) is 30.3 Å². The van der Waals surface area contributed by atoms with Gasteiger partial charge in [-0.1, -0.05) is 59.1 Å². The van der Waals surface area contributed by atoms with Gasteiger partial charge in [-0.3, -0.25) is 9.59 Å². The SMILES string of the molecule is CCCCC1CCC(C(=O)Nc2ccc3c(c2)N(CCOc2ccc(C(C)(C)C)cc2)C(=O)CO3)CC1. The number of nitrogens with zero attached hydrogens (tertiary/aromatic N) is 1. The summed E-state index contributed by atoms with van der Waals surface area (Å²) in [6.07, 6.45) is 7.97. The van der Waals surface area contributed by atoms with Crippen LogP contribution in [0, 0.1) is 11.8 Å². The molecule has 0 bridgehead atoms. The van der Waals surface area contributed by atoms with Crippen molar-refractivity contribution in [1.82, 2.24) is 0 Å². The molecule has 0 unspecified atom stereocenters. The van der Waals surface area contributed by atoms with Crippen LogP contribution in [0.2, 0.25) is 0 Å². The summed E-state index contributed by atoms with van der Waals surface area (Å²) in [7, 11) is 0. The number of hydrogen-bond acceptors (Lipinski definition) is 4. The van der Waals surface area contributed by atoms with Crippen LogP contribution in [0.25, 0.3) is 0 Å². The molecule has 2 aromatic carbocycles. The summed E-state index contributed by atoms with van der Waals surface area (Å²) in [6.45, 7) is 9.53. The Hall–Kier alpha value is -3.02. The summed E-state index contributed by atoms with van der Waals surface area (Å²) in [5, 5.41) is 3.09. The van der Waals surface area contributed by atoms with Gasteiger partial charge in [-0.05, 0) is 72.9 Å². The first kappa shape index (κ1) is 27.0. The molecule has 1 aliphatic carbocycles. The molecule has 1 saturated carbocycles. The number of carbonyl (C=O) groups excluding carboxylic acids is 2. The van der Waals surface area contributed by atoms with E-state index < -0.39 is 0 Å². The van der Waals surface area contributed by atoms with Gasteiger partial charge >= 0.3 is 0 Å². The largest absolute Gasteiger partial charge is 0.492 e. The molecule has 200 valence electrons. The van der Waals surface area contributed by atoms with Gasteiger partial charge in [0.05, 0.1) is 12.2 Å². The van der Waals surface area contributed by atoms with Crippen molar-refractivity contribution in [3.63, 3.8) is 0 Å². The number of rotatable bonds is 9. The summed E-state index contributed by atoms with van der Waals surface area (Å²) in [5.41, 5.74) is 2.70. The van der Waals surface area contributed by atoms with E-state index in [4.69, 9.17) is 9.47 Å². The van der Waals surface area contributed by atoms with Gasteiger partial charge in [0.2, 0.25) is 5.91 Å². The van der Waals surface area contributed by atoms with Crippen LogP contribution in [0.15, 0.2) is 42.5 Å². The molecular formula is C31H42N2O4. The van der Waals surface area contributed by atoms with Gasteiger partial charge in [0.15, 0.2) is 6.61 Å². The fourth-order valence-corrected chi connectivity index (χ4v) is 5.28. The van der Waals surface area contributed by atoms with E-state index in [1.165, 1.54) is 24.8 Å². The predicted octanol–water partition coefficient (Wildman–Crippen LogP) is 6.72. The van der Waals surface area contributed by atoms with E-state index in [9.17, 15) is 9.59 Å². The molecule has 4 rings (SSSR count). The highest BCUT2D eigenvalue weighted by atomic mass is 16.5. The standard InChI is InChI=1S/C31H42N2O4/c1-5-6-7-22-8-10-23(11-9-22)30(35)32-25-14-17-28-27(20-25)33(29(34)21-37-28)18-19-36-26-15-12-24(13-16-26)31(2,3)4/h12-17,20,22-23H,5-11,18-19,21H2,1-4H3,(H,32,35). The smallest absolute Gasteiger partial charge is 0.265 e. The van der Waals surface area contributed by atoms with Crippen molar-refractivity contribution in [2.24, 2.45) is 11.8 Å². The zero-order valence-electron chi connectivity index (χ0n) is 22.8. The van der Waals surface area contributed by atoms with E-state index in [0.717, 1.165) is 37.4 Å². The molecule has 2 aliphatic rings. The first-order chi connectivity index (χ1) is 17.7. The van der Waals surface area contributed by atoms with Gasteiger partial charge in [0.1, 0.15) is 18.1 Å². The van der Waals surface area contributed by atoms with E-state index in [-0.39, 0.29) is 29.8 Å². The third kappa shape index (κ3) is 7.06. The minimum atomic E-state index is -0.118. The lowest BCUT2D eigenvalue weighted by molar-refractivity contribution is -0.121. The Bertz CT molecular complexity index is 1070. The average Bonchev–Trinajstić information content (AvgIpc) is 2.89. The third-order valence-corrected chi connectivity index (χ3v) is 7.66. The maximum Gasteiger partial charge on any atom is 0.265 e. The highest BCUT2D eigenvalue weighted by Gasteiger charge is 2.28. The van der Waals surface area contributed by atoms with Crippen LogP contribution in [-0.2, 0) is 15.0 Å². The monoisotopic (exact) mass is 506 g/mol. The van der Waals surface area contributed by atoms with Crippen molar-refractivity contribution in [2.75, 3.05) is 30.0 Å². The van der Waals surface area contributed by atoms with E-state index in [2.05, 4.69) is 45.1 Å². The molecule has 0 spiro atoms. The highest BCUT2D eigenvalue weighted by molar-refractivity contribution is 5.99. The normalized spacial score (nSPS) is 19.7. The lowest BCUT2D eigenvalue weighted by Gasteiger charge is -2.30. The summed E-state index contributed by atoms with van der Waals surface area (Å²) in [4.78, 5) is 27.4. The van der Waals surface area contributed by atoms with E-state index in [1.54, 1.807) is 4.90 Å². The molecule has 1 N–H and O–H groups in total. The van der Waals surface area contributed by atoms with Gasteiger partial charge in [-0.2, -0.15) is 0 Å². The molecule has 37 heavy (non-hydrogen) atoms. The Balaban J connectivity index is 1.35. The molecule has 2 amide bonds. The van der Waals surface area contributed by atoms with Crippen LogP contribution in [-0.4, -0.2) is 31.6 Å². The third-order valence-electron chi connectivity index (χ3n) is 7.66. The maximum atomic E-state index is 13.0. The zero-order valence-corrected chi connectivity index (χ0v) is 22.8. The van der Waals surface area contributed by atoms with Crippen LogP contribution in [0.4, 0.5) is 11.4 Å².